The molecule has 0 radical (unpaired) electrons. The third-order valence-corrected chi connectivity index (χ3v) is 5.23. The van der Waals surface area contributed by atoms with Gasteiger partial charge in [-0.05, 0) is 37.8 Å². The van der Waals surface area contributed by atoms with Crippen LogP contribution in [0, 0.1) is 6.92 Å². The number of nitrogens with one attached hydrogen (secondary N) is 2. The van der Waals surface area contributed by atoms with Crippen LogP contribution in [-0.4, -0.2) is 66.4 Å². The van der Waals surface area contributed by atoms with Crippen LogP contribution in [0.5, 0.6) is 0 Å². The number of benzene rings is 1. The molecule has 0 spiro atoms. The van der Waals surface area contributed by atoms with Crippen LogP contribution >= 0.6 is 0 Å². The van der Waals surface area contributed by atoms with Gasteiger partial charge in [0.05, 0.1) is 0 Å². The smallest absolute Gasteiger partial charge is 0.318 e. The molecule has 1 aromatic rings. The van der Waals surface area contributed by atoms with E-state index in [0.29, 0.717) is 44.5 Å². The number of likely N-dealkylation sites (tertiary alicyclic amines) is 2. The minimum absolute atomic E-state index is 0.0290. The first-order valence-corrected chi connectivity index (χ1v) is 9.12. The van der Waals surface area contributed by atoms with Crippen molar-refractivity contribution >= 4 is 17.8 Å². The SMILES string of the molecule is Cc1ccccc1C(=O)NC1CCN(C(=O)NC2CCN(C)C2=O)CC1. The fraction of sp³-hybridized carbons (Fsp3) is 0.526. The second kappa shape index (κ2) is 7.76. The van der Waals surface area contributed by atoms with Gasteiger partial charge in [-0.15, -0.1) is 0 Å². The Morgan fingerprint density at radius 3 is 2.35 bits per heavy atom. The summed E-state index contributed by atoms with van der Waals surface area (Å²) in [6.07, 6.45) is 2.08. The number of hydrogen-bond donors (Lipinski definition) is 2. The van der Waals surface area contributed by atoms with Crippen molar-refractivity contribution in [1.82, 2.24) is 20.4 Å². The Morgan fingerprint density at radius 1 is 1.04 bits per heavy atom. The molecule has 0 aromatic heterocycles. The molecule has 4 amide bonds. The maximum atomic E-state index is 12.4. The van der Waals surface area contributed by atoms with Crippen molar-refractivity contribution in [1.29, 1.82) is 0 Å². The van der Waals surface area contributed by atoms with E-state index in [4.69, 9.17) is 0 Å². The topological polar surface area (TPSA) is 81.8 Å². The van der Waals surface area contributed by atoms with Crippen molar-refractivity contribution in [2.75, 3.05) is 26.7 Å². The van der Waals surface area contributed by atoms with E-state index in [1.165, 1.54) is 0 Å². The maximum Gasteiger partial charge on any atom is 0.318 e. The average Bonchev–Trinajstić information content (AvgIpc) is 2.94. The van der Waals surface area contributed by atoms with E-state index < -0.39 is 6.04 Å². The molecule has 0 aliphatic carbocycles. The molecule has 1 aromatic carbocycles. The lowest BCUT2D eigenvalue weighted by atomic mass is 10.0. The van der Waals surface area contributed by atoms with Crippen molar-refractivity contribution in [3.05, 3.63) is 35.4 Å². The van der Waals surface area contributed by atoms with Crippen molar-refractivity contribution in [2.24, 2.45) is 0 Å². The summed E-state index contributed by atoms with van der Waals surface area (Å²) >= 11 is 0. The van der Waals surface area contributed by atoms with E-state index in [-0.39, 0.29) is 23.9 Å². The number of carbonyl (C=O) groups excluding carboxylic acids is 3. The zero-order valence-corrected chi connectivity index (χ0v) is 15.3. The number of hydrogen-bond acceptors (Lipinski definition) is 3. The molecule has 1 atom stereocenters. The molecule has 2 N–H and O–H groups in total. The van der Waals surface area contributed by atoms with E-state index in [9.17, 15) is 14.4 Å². The van der Waals surface area contributed by atoms with Crippen LogP contribution in [0.25, 0.3) is 0 Å². The molecular formula is C19H26N4O3. The molecule has 2 fully saturated rings. The summed E-state index contributed by atoms with van der Waals surface area (Å²) in [6, 6.07) is 6.97. The second-order valence-electron chi connectivity index (χ2n) is 7.10. The standard InChI is InChI=1S/C19H26N4O3/c1-13-5-3-4-6-15(13)17(24)20-14-7-11-23(12-8-14)19(26)21-16-9-10-22(2)18(16)25/h3-6,14,16H,7-12H2,1-2H3,(H,20,24)(H,21,26). The number of amides is 4. The Hall–Kier alpha value is -2.57. The fourth-order valence-electron chi connectivity index (χ4n) is 3.51. The van der Waals surface area contributed by atoms with Crippen molar-refractivity contribution in [3.63, 3.8) is 0 Å². The quantitative estimate of drug-likeness (QED) is 0.850. The predicted octanol–water partition coefficient (Wildman–Crippen LogP) is 1.13. The summed E-state index contributed by atoms with van der Waals surface area (Å²) in [7, 11) is 1.75. The first kappa shape index (κ1) is 18.2. The number of carbonyl (C=O) groups is 3. The van der Waals surface area contributed by atoms with E-state index in [1.807, 2.05) is 31.2 Å². The number of rotatable bonds is 3. The molecule has 7 nitrogen and oxygen atoms in total. The monoisotopic (exact) mass is 358 g/mol. The second-order valence-corrected chi connectivity index (χ2v) is 7.10. The Kier molecular flexibility index (Phi) is 5.44. The zero-order valence-electron chi connectivity index (χ0n) is 15.3. The molecule has 0 bridgehead atoms. The van der Waals surface area contributed by atoms with Crippen molar-refractivity contribution < 1.29 is 14.4 Å². The van der Waals surface area contributed by atoms with Gasteiger partial charge in [-0.1, -0.05) is 18.2 Å². The first-order chi connectivity index (χ1) is 12.5. The molecule has 140 valence electrons. The third-order valence-electron chi connectivity index (χ3n) is 5.23. The van der Waals surface area contributed by atoms with Crippen LogP contribution < -0.4 is 10.6 Å². The molecule has 0 saturated carbocycles. The van der Waals surface area contributed by atoms with Crippen LogP contribution in [0.3, 0.4) is 0 Å². The van der Waals surface area contributed by atoms with Crippen LogP contribution in [0.4, 0.5) is 4.79 Å². The van der Waals surface area contributed by atoms with Crippen LogP contribution in [0.2, 0.25) is 0 Å². The molecule has 1 unspecified atom stereocenters. The van der Waals surface area contributed by atoms with E-state index in [0.717, 1.165) is 5.56 Å². The van der Waals surface area contributed by atoms with Crippen molar-refractivity contribution in [3.8, 4) is 0 Å². The Balaban J connectivity index is 1.47. The van der Waals surface area contributed by atoms with Gasteiger partial charge in [0.2, 0.25) is 5.91 Å². The number of piperidine rings is 1. The summed E-state index contributed by atoms with van der Waals surface area (Å²) in [4.78, 5) is 40.0. The van der Waals surface area contributed by atoms with E-state index in [1.54, 1.807) is 16.8 Å². The minimum atomic E-state index is -0.411. The maximum absolute atomic E-state index is 12.4. The summed E-state index contributed by atoms with van der Waals surface area (Å²) < 4.78 is 0. The minimum Gasteiger partial charge on any atom is -0.349 e. The Labute approximate surface area is 153 Å². The average molecular weight is 358 g/mol. The van der Waals surface area contributed by atoms with Gasteiger partial charge in [0.15, 0.2) is 0 Å². The Bertz CT molecular complexity index is 698. The summed E-state index contributed by atoms with van der Waals surface area (Å²) in [5, 5.41) is 5.89. The van der Waals surface area contributed by atoms with Gasteiger partial charge >= 0.3 is 6.03 Å². The van der Waals surface area contributed by atoms with Crippen molar-refractivity contribution in [2.45, 2.75) is 38.3 Å². The van der Waals surface area contributed by atoms with Gasteiger partial charge in [-0.3, -0.25) is 9.59 Å². The van der Waals surface area contributed by atoms with E-state index in [2.05, 4.69) is 10.6 Å². The summed E-state index contributed by atoms with van der Waals surface area (Å²) in [5.74, 6) is -0.0932. The lowest BCUT2D eigenvalue weighted by molar-refractivity contribution is -0.128. The highest BCUT2D eigenvalue weighted by molar-refractivity contribution is 5.95. The first-order valence-electron chi connectivity index (χ1n) is 9.12. The van der Waals surface area contributed by atoms with Gasteiger partial charge in [-0.25, -0.2) is 4.79 Å². The molecule has 2 heterocycles. The van der Waals surface area contributed by atoms with Crippen LogP contribution in [0.1, 0.15) is 35.2 Å². The van der Waals surface area contributed by atoms with E-state index >= 15 is 0 Å². The highest BCUT2D eigenvalue weighted by Gasteiger charge is 2.32. The highest BCUT2D eigenvalue weighted by Crippen LogP contribution is 2.14. The molecule has 2 aliphatic rings. The molecule has 3 rings (SSSR count). The highest BCUT2D eigenvalue weighted by atomic mass is 16.2. The van der Waals surface area contributed by atoms with Gasteiger partial charge in [-0.2, -0.15) is 0 Å². The fourth-order valence-corrected chi connectivity index (χ4v) is 3.51. The predicted molar refractivity (Wildman–Crippen MR) is 97.8 cm³/mol. The lowest BCUT2D eigenvalue weighted by Crippen LogP contribution is -2.52. The summed E-state index contributed by atoms with van der Waals surface area (Å²) in [5.41, 5.74) is 1.64. The van der Waals surface area contributed by atoms with Gasteiger partial charge in [0.1, 0.15) is 6.04 Å². The zero-order chi connectivity index (χ0) is 18.7. The lowest BCUT2D eigenvalue weighted by Gasteiger charge is -2.33. The Morgan fingerprint density at radius 2 is 1.73 bits per heavy atom. The molecule has 26 heavy (non-hydrogen) atoms. The molecule has 2 aliphatic heterocycles. The van der Waals surface area contributed by atoms with Crippen LogP contribution in [0.15, 0.2) is 24.3 Å². The van der Waals surface area contributed by atoms with Crippen LogP contribution in [-0.2, 0) is 4.79 Å². The molecule has 2 saturated heterocycles. The van der Waals surface area contributed by atoms with Gasteiger partial charge < -0.3 is 20.4 Å². The normalized spacial score (nSPS) is 21.0. The largest absolute Gasteiger partial charge is 0.349 e. The van der Waals surface area contributed by atoms with Gasteiger partial charge in [0.25, 0.3) is 5.91 Å². The van der Waals surface area contributed by atoms with Gasteiger partial charge in [0, 0.05) is 38.3 Å². The molecule has 7 heteroatoms. The third kappa shape index (κ3) is 3.98. The number of nitrogens with zero attached hydrogens (tertiary/aromatic N) is 2. The number of aryl methyl sites for hydroxylation is 1. The summed E-state index contributed by atoms with van der Waals surface area (Å²) in [6.45, 7) is 3.74. The number of urea groups is 1. The molecular weight excluding hydrogens is 332 g/mol. The number of likely N-dealkylation sites (N-methyl/N-ethyl adjacent to an activating group) is 1.